The fraction of sp³-hybridized carbons (Fsp3) is 0.136. The molecular formula is C22H18FN3. The van der Waals surface area contributed by atoms with Crippen LogP contribution in [0.5, 0.6) is 0 Å². The van der Waals surface area contributed by atoms with Crippen molar-refractivity contribution in [3.8, 4) is 0 Å². The molecule has 26 heavy (non-hydrogen) atoms. The van der Waals surface area contributed by atoms with Crippen LogP contribution in [0.1, 0.15) is 16.8 Å². The molecule has 0 saturated carbocycles. The summed E-state index contributed by atoms with van der Waals surface area (Å²) in [6.07, 6.45) is 4.40. The van der Waals surface area contributed by atoms with Crippen LogP contribution >= 0.6 is 0 Å². The van der Waals surface area contributed by atoms with Crippen molar-refractivity contribution in [1.82, 2.24) is 9.97 Å². The van der Waals surface area contributed by atoms with Gasteiger partial charge in [0.2, 0.25) is 0 Å². The van der Waals surface area contributed by atoms with Crippen molar-refractivity contribution in [2.24, 2.45) is 0 Å². The number of aromatic nitrogens is 2. The van der Waals surface area contributed by atoms with Crippen molar-refractivity contribution in [2.75, 3.05) is 11.4 Å². The van der Waals surface area contributed by atoms with Crippen LogP contribution in [0.2, 0.25) is 0 Å². The van der Waals surface area contributed by atoms with E-state index in [4.69, 9.17) is 0 Å². The Morgan fingerprint density at radius 1 is 1.15 bits per heavy atom. The first-order chi connectivity index (χ1) is 12.8. The minimum Gasteiger partial charge on any atom is -0.366 e. The van der Waals surface area contributed by atoms with Gasteiger partial charge in [-0.25, -0.2) is 4.39 Å². The first kappa shape index (κ1) is 15.1. The molecule has 1 aliphatic rings. The van der Waals surface area contributed by atoms with E-state index >= 15 is 0 Å². The maximum Gasteiger partial charge on any atom is 0.134 e. The molecule has 2 aromatic carbocycles. The van der Waals surface area contributed by atoms with Crippen LogP contribution in [0.3, 0.4) is 0 Å². The van der Waals surface area contributed by atoms with Gasteiger partial charge < -0.3 is 9.88 Å². The van der Waals surface area contributed by atoms with Crippen LogP contribution < -0.4 is 4.90 Å². The van der Waals surface area contributed by atoms with E-state index in [1.54, 1.807) is 18.3 Å². The van der Waals surface area contributed by atoms with Crippen molar-refractivity contribution in [1.29, 1.82) is 0 Å². The number of hydrogen-bond acceptors (Lipinski definition) is 2. The molecule has 0 spiro atoms. The maximum absolute atomic E-state index is 14.7. The molecule has 0 amide bonds. The molecule has 3 heterocycles. The van der Waals surface area contributed by atoms with Gasteiger partial charge in [-0.15, -0.1) is 0 Å². The third-order valence-electron chi connectivity index (χ3n) is 5.29. The number of fused-ring (bicyclic) bond motifs is 4. The Kier molecular flexibility index (Phi) is 3.32. The highest BCUT2D eigenvalue weighted by Crippen LogP contribution is 2.35. The summed E-state index contributed by atoms with van der Waals surface area (Å²) in [6, 6.07) is 13.5. The normalized spacial score (nSPS) is 14.0. The molecule has 2 aromatic heterocycles. The van der Waals surface area contributed by atoms with Crippen molar-refractivity contribution < 1.29 is 4.39 Å². The number of anilines is 1. The highest BCUT2D eigenvalue weighted by molar-refractivity contribution is 5.97. The van der Waals surface area contributed by atoms with Crippen LogP contribution in [0, 0.1) is 5.82 Å². The van der Waals surface area contributed by atoms with Crippen molar-refractivity contribution in [2.45, 2.75) is 13.0 Å². The Morgan fingerprint density at radius 3 is 2.92 bits per heavy atom. The Hall–Kier alpha value is -3.14. The van der Waals surface area contributed by atoms with Crippen LogP contribution in [0.15, 0.2) is 55.2 Å². The van der Waals surface area contributed by atoms with E-state index in [2.05, 4.69) is 39.6 Å². The summed E-state index contributed by atoms with van der Waals surface area (Å²) in [6.45, 7) is 5.43. The average Bonchev–Trinajstić information content (AvgIpc) is 3.06. The number of benzene rings is 2. The number of rotatable bonds is 2. The summed E-state index contributed by atoms with van der Waals surface area (Å²) in [5.74, 6) is -0.238. The molecule has 4 aromatic rings. The molecular weight excluding hydrogens is 325 g/mol. The molecule has 4 heteroatoms. The number of nitrogens with zero attached hydrogens (tertiary/aromatic N) is 2. The highest BCUT2D eigenvalue weighted by atomic mass is 19.1. The van der Waals surface area contributed by atoms with Gasteiger partial charge in [0.1, 0.15) is 5.82 Å². The van der Waals surface area contributed by atoms with E-state index in [1.807, 2.05) is 12.1 Å². The second-order valence-electron chi connectivity index (χ2n) is 6.69. The maximum atomic E-state index is 14.7. The van der Waals surface area contributed by atoms with Gasteiger partial charge in [0.05, 0.1) is 16.6 Å². The monoisotopic (exact) mass is 343 g/mol. The lowest BCUT2D eigenvalue weighted by Crippen LogP contribution is -2.30. The number of pyridine rings is 1. The second-order valence-corrected chi connectivity index (χ2v) is 6.69. The zero-order chi connectivity index (χ0) is 17.7. The summed E-state index contributed by atoms with van der Waals surface area (Å²) < 4.78 is 14.7. The van der Waals surface area contributed by atoms with E-state index in [-0.39, 0.29) is 5.82 Å². The van der Waals surface area contributed by atoms with E-state index in [9.17, 15) is 4.39 Å². The first-order valence-electron chi connectivity index (χ1n) is 8.79. The Balaban J connectivity index is 1.67. The number of nitrogens with one attached hydrogen (secondary N) is 1. The van der Waals surface area contributed by atoms with Crippen molar-refractivity contribution in [3.05, 3.63) is 77.9 Å². The Morgan fingerprint density at radius 2 is 2.04 bits per heavy atom. The molecule has 0 atom stereocenters. The van der Waals surface area contributed by atoms with Gasteiger partial charge in [0.15, 0.2) is 0 Å². The third kappa shape index (κ3) is 2.15. The number of H-pyrrole nitrogens is 1. The minimum absolute atomic E-state index is 0.238. The molecule has 0 bridgehead atoms. The molecule has 128 valence electrons. The number of aromatic amines is 1. The summed E-state index contributed by atoms with van der Waals surface area (Å²) in [5, 5.41) is 1.83. The van der Waals surface area contributed by atoms with Gasteiger partial charge in [-0.05, 0) is 24.3 Å². The summed E-state index contributed by atoms with van der Waals surface area (Å²) in [4.78, 5) is 10.2. The van der Waals surface area contributed by atoms with E-state index in [0.29, 0.717) is 10.9 Å². The topological polar surface area (TPSA) is 31.9 Å². The van der Waals surface area contributed by atoms with Gasteiger partial charge in [0, 0.05) is 53.4 Å². The standard InChI is InChI=1S/C22H18FN3/c1-2-14-7-8-17(23)21-20(9-11-24-22(14)21)26-12-10-19-16(13-26)15-5-3-4-6-18(15)25-19/h2-9,11,25H,1,10,12-13H2. The smallest absolute Gasteiger partial charge is 0.134 e. The predicted molar refractivity (Wildman–Crippen MR) is 105 cm³/mol. The molecule has 1 aliphatic heterocycles. The predicted octanol–water partition coefficient (Wildman–Crippen LogP) is 5.06. The van der Waals surface area contributed by atoms with Crippen LogP contribution in [-0.2, 0) is 13.0 Å². The molecule has 0 aliphatic carbocycles. The van der Waals surface area contributed by atoms with Gasteiger partial charge in [-0.3, -0.25) is 4.98 Å². The molecule has 1 N–H and O–H groups in total. The number of halogens is 1. The largest absolute Gasteiger partial charge is 0.366 e. The molecule has 5 rings (SSSR count). The van der Waals surface area contributed by atoms with E-state index in [1.165, 1.54) is 28.2 Å². The lowest BCUT2D eigenvalue weighted by atomic mass is 10.0. The molecule has 0 radical (unpaired) electrons. The second kappa shape index (κ2) is 5.70. The van der Waals surface area contributed by atoms with E-state index < -0.39 is 0 Å². The summed E-state index contributed by atoms with van der Waals surface area (Å²) in [7, 11) is 0. The molecule has 0 saturated heterocycles. The molecule has 3 nitrogen and oxygen atoms in total. The van der Waals surface area contributed by atoms with Gasteiger partial charge in [-0.2, -0.15) is 0 Å². The first-order valence-corrected chi connectivity index (χ1v) is 8.79. The quantitative estimate of drug-likeness (QED) is 0.552. The lowest BCUT2D eigenvalue weighted by molar-refractivity contribution is 0.638. The fourth-order valence-corrected chi connectivity index (χ4v) is 4.03. The van der Waals surface area contributed by atoms with Crippen LogP contribution in [-0.4, -0.2) is 16.5 Å². The zero-order valence-electron chi connectivity index (χ0n) is 14.3. The zero-order valence-corrected chi connectivity index (χ0v) is 14.3. The van der Waals surface area contributed by atoms with Gasteiger partial charge in [0.25, 0.3) is 0 Å². The van der Waals surface area contributed by atoms with Gasteiger partial charge in [-0.1, -0.05) is 30.9 Å². The number of hydrogen-bond donors (Lipinski definition) is 1. The number of para-hydroxylation sites is 1. The Bertz CT molecular complexity index is 1160. The minimum atomic E-state index is -0.238. The lowest BCUT2D eigenvalue weighted by Gasteiger charge is -2.30. The summed E-state index contributed by atoms with van der Waals surface area (Å²) in [5.41, 5.74) is 6.17. The van der Waals surface area contributed by atoms with E-state index in [0.717, 1.165) is 30.8 Å². The third-order valence-corrected chi connectivity index (χ3v) is 5.29. The molecule has 0 fully saturated rings. The fourth-order valence-electron chi connectivity index (χ4n) is 4.03. The SMILES string of the molecule is C=Cc1ccc(F)c2c(N3CCc4[nH]c5ccccc5c4C3)ccnc12. The Labute approximate surface area is 150 Å². The summed E-state index contributed by atoms with van der Waals surface area (Å²) >= 11 is 0. The van der Waals surface area contributed by atoms with Crippen molar-refractivity contribution in [3.63, 3.8) is 0 Å². The van der Waals surface area contributed by atoms with Crippen LogP contribution in [0.4, 0.5) is 10.1 Å². The van der Waals surface area contributed by atoms with Gasteiger partial charge >= 0.3 is 0 Å². The highest BCUT2D eigenvalue weighted by Gasteiger charge is 2.23. The average molecular weight is 343 g/mol. The van der Waals surface area contributed by atoms with Crippen LogP contribution in [0.25, 0.3) is 27.9 Å². The van der Waals surface area contributed by atoms with Crippen molar-refractivity contribution >= 4 is 33.6 Å². The molecule has 0 unspecified atom stereocenters.